The van der Waals surface area contributed by atoms with Crippen molar-refractivity contribution in [2.24, 2.45) is 23.5 Å². The SMILES string of the molecule is CCC(C)CN(CC)C(=O)C1CCCC(CCN)C1. The van der Waals surface area contributed by atoms with Crippen LogP contribution < -0.4 is 5.73 Å². The third kappa shape index (κ3) is 5.13. The standard InChI is InChI=1S/C16H32N2O/c1-4-13(3)12-18(5-2)16(19)15-8-6-7-14(11-15)9-10-17/h13-15H,4-12,17H2,1-3H3. The highest BCUT2D eigenvalue weighted by molar-refractivity contribution is 5.78. The predicted octanol–water partition coefficient (Wildman–Crippen LogP) is 3.04. The van der Waals surface area contributed by atoms with Crippen molar-refractivity contribution in [3.63, 3.8) is 0 Å². The van der Waals surface area contributed by atoms with E-state index >= 15 is 0 Å². The molecule has 1 fully saturated rings. The van der Waals surface area contributed by atoms with Crippen LogP contribution in [0, 0.1) is 17.8 Å². The molecule has 1 rings (SSSR count). The summed E-state index contributed by atoms with van der Waals surface area (Å²) in [7, 11) is 0. The lowest BCUT2D eigenvalue weighted by Gasteiger charge is -2.33. The maximum atomic E-state index is 12.6. The fourth-order valence-electron chi connectivity index (χ4n) is 3.15. The first-order valence-corrected chi connectivity index (χ1v) is 8.11. The lowest BCUT2D eigenvalue weighted by Crippen LogP contribution is -2.40. The van der Waals surface area contributed by atoms with Crippen LogP contribution in [-0.2, 0) is 4.79 Å². The van der Waals surface area contributed by atoms with Gasteiger partial charge < -0.3 is 10.6 Å². The number of carbonyl (C=O) groups excluding carboxylic acids is 1. The first-order chi connectivity index (χ1) is 9.12. The van der Waals surface area contributed by atoms with Gasteiger partial charge in [-0.15, -0.1) is 0 Å². The van der Waals surface area contributed by atoms with Gasteiger partial charge in [0.25, 0.3) is 0 Å². The Kier molecular flexibility index (Phi) is 7.44. The maximum absolute atomic E-state index is 12.6. The molecule has 19 heavy (non-hydrogen) atoms. The average molecular weight is 268 g/mol. The van der Waals surface area contributed by atoms with E-state index in [1.165, 1.54) is 12.8 Å². The first-order valence-electron chi connectivity index (χ1n) is 8.11. The largest absolute Gasteiger partial charge is 0.342 e. The van der Waals surface area contributed by atoms with Crippen LogP contribution in [0.2, 0.25) is 0 Å². The van der Waals surface area contributed by atoms with Crippen molar-refractivity contribution in [2.75, 3.05) is 19.6 Å². The van der Waals surface area contributed by atoms with Crippen LogP contribution in [0.5, 0.6) is 0 Å². The minimum absolute atomic E-state index is 0.259. The Bertz CT molecular complexity index is 265. The lowest BCUT2D eigenvalue weighted by atomic mass is 9.79. The topological polar surface area (TPSA) is 46.3 Å². The summed E-state index contributed by atoms with van der Waals surface area (Å²) in [6.07, 6.45) is 6.83. The van der Waals surface area contributed by atoms with Crippen molar-refractivity contribution in [1.29, 1.82) is 0 Å². The molecule has 0 aromatic rings. The molecular weight excluding hydrogens is 236 g/mol. The van der Waals surface area contributed by atoms with Gasteiger partial charge in [0.15, 0.2) is 0 Å². The van der Waals surface area contributed by atoms with Gasteiger partial charge in [0.1, 0.15) is 0 Å². The normalized spacial score (nSPS) is 25.1. The molecular formula is C16H32N2O. The van der Waals surface area contributed by atoms with Crippen LogP contribution in [-0.4, -0.2) is 30.4 Å². The molecule has 3 atom stereocenters. The second-order valence-electron chi connectivity index (χ2n) is 6.20. The van der Waals surface area contributed by atoms with E-state index in [2.05, 4.69) is 25.7 Å². The molecule has 0 aromatic carbocycles. The number of amides is 1. The van der Waals surface area contributed by atoms with Gasteiger partial charge in [-0.1, -0.05) is 33.1 Å². The van der Waals surface area contributed by atoms with Crippen molar-refractivity contribution < 1.29 is 4.79 Å². The van der Waals surface area contributed by atoms with Gasteiger partial charge in [-0.3, -0.25) is 4.79 Å². The number of rotatable bonds is 7. The summed E-state index contributed by atoms with van der Waals surface area (Å²) in [6, 6.07) is 0. The summed E-state index contributed by atoms with van der Waals surface area (Å²) < 4.78 is 0. The van der Waals surface area contributed by atoms with E-state index in [0.29, 0.717) is 17.7 Å². The molecule has 1 amide bonds. The molecule has 0 radical (unpaired) electrons. The summed E-state index contributed by atoms with van der Waals surface area (Å²) in [6.45, 7) is 9.05. The Hall–Kier alpha value is -0.570. The highest BCUT2D eigenvalue weighted by Crippen LogP contribution is 2.32. The van der Waals surface area contributed by atoms with Crippen LogP contribution in [0.3, 0.4) is 0 Å². The Labute approximate surface area is 118 Å². The third-order valence-corrected chi connectivity index (χ3v) is 4.63. The van der Waals surface area contributed by atoms with Gasteiger partial charge in [0.2, 0.25) is 5.91 Å². The number of nitrogens with two attached hydrogens (primary N) is 1. The van der Waals surface area contributed by atoms with E-state index in [-0.39, 0.29) is 5.92 Å². The Morgan fingerprint density at radius 1 is 1.37 bits per heavy atom. The molecule has 3 nitrogen and oxygen atoms in total. The van der Waals surface area contributed by atoms with Crippen molar-refractivity contribution >= 4 is 5.91 Å². The number of hydrogen-bond acceptors (Lipinski definition) is 2. The number of carbonyl (C=O) groups is 1. The molecule has 3 unspecified atom stereocenters. The van der Waals surface area contributed by atoms with Gasteiger partial charge in [-0.2, -0.15) is 0 Å². The highest BCUT2D eigenvalue weighted by Gasteiger charge is 2.29. The average Bonchev–Trinajstić information content (AvgIpc) is 2.44. The molecule has 0 bridgehead atoms. The third-order valence-electron chi connectivity index (χ3n) is 4.63. The number of hydrogen-bond donors (Lipinski definition) is 1. The summed E-state index contributed by atoms with van der Waals surface area (Å²) in [4.78, 5) is 14.7. The van der Waals surface area contributed by atoms with Crippen LogP contribution in [0.4, 0.5) is 0 Å². The van der Waals surface area contributed by atoms with Crippen molar-refractivity contribution in [2.45, 2.75) is 59.3 Å². The molecule has 1 aliphatic rings. The zero-order chi connectivity index (χ0) is 14.3. The van der Waals surface area contributed by atoms with Gasteiger partial charge in [0, 0.05) is 19.0 Å². The molecule has 3 heteroatoms. The van der Waals surface area contributed by atoms with E-state index < -0.39 is 0 Å². The maximum Gasteiger partial charge on any atom is 0.225 e. The van der Waals surface area contributed by atoms with Gasteiger partial charge in [-0.25, -0.2) is 0 Å². The van der Waals surface area contributed by atoms with E-state index in [9.17, 15) is 4.79 Å². The Morgan fingerprint density at radius 2 is 2.11 bits per heavy atom. The molecule has 112 valence electrons. The van der Waals surface area contributed by atoms with Crippen LogP contribution >= 0.6 is 0 Å². The van der Waals surface area contributed by atoms with Gasteiger partial charge >= 0.3 is 0 Å². The van der Waals surface area contributed by atoms with E-state index in [4.69, 9.17) is 5.73 Å². The monoisotopic (exact) mass is 268 g/mol. The molecule has 0 aliphatic heterocycles. The molecule has 0 heterocycles. The van der Waals surface area contributed by atoms with Crippen molar-refractivity contribution in [3.05, 3.63) is 0 Å². The van der Waals surface area contributed by atoms with Crippen LogP contribution in [0.15, 0.2) is 0 Å². The predicted molar refractivity (Wildman–Crippen MR) is 80.8 cm³/mol. The summed E-state index contributed by atoms with van der Waals surface area (Å²) in [5.41, 5.74) is 5.66. The van der Waals surface area contributed by atoms with Gasteiger partial charge in [0.05, 0.1) is 0 Å². The second kappa shape index (κ2) is 8.57. The second-order valence-corrected chi connectivity index (χ2v) is 6.20. The highest BCUT2D eigenvalue weighted by atomic mass is 16.2. The minimum Gasteiger partial charge on any atom is -0.342 e. The van der Waals surface area contributed by atoms with Crippen LogP contribution in [0.25, 0.3) is 0 Å². The fourth-order valence-corrected chi connectivity index (χ4v) is 3.15. The smallest absolute Gasteiger partial charge is 0.225 e. The molecule has 0 aromatic heterocycles. The summed E-state index contributed by atoms with van der Waals surface area (Å²) in [5, 5.41) is 0. The number of nitrogens with zero attached hydrogens (tertiary/aromatic N) is 1. The molecule has 1 saturated carbocycles. The zero-order valence-electron chi connectivity index (χ0n) is 13.0. The van der Waals surface area contributed by atoms with E-state index in [0.717, 1.165) is 45.3 Å². The summed E-state index contributed by atoms with van der Waals surface area (Å²) in [5.74, 6) is 1.93. The minimum atomic E-state index is 0.259. The molecule has 0 saturated heterocycles. The van der Waals surface area contributed by atoms with Crippen LogP contribution in [0.1, 0.15) is 59.3 Å². The van der Waals surface area contributed by atoms with Crippen molar-refractivity contribution in [1.82, 2.24) is 4.90 Å². The van der Waals surface area contributed by atoms with E-state index in [1.54, 1.807) is 0 Å². The summed E-state index contributed by atoms with van der Waals surface area (Å²) >= 11 is 0. The first kappa shape index (κ1) is 16.5. The molecule has 1 aliphatic carbocycles. The fraction of sp³-hybridized carbons (Fsp3) is 0.938. The van der Waals surface area contributed by atoms with Crippen molar-refractivity contribution in [3.8, 4) is 0 Å². The van der Waals surface area contributed by atoms with E-state index in [1.807, 2.05) is 0 Å². The Morgan fingerprint density at radius 3 is 2.68 bits per heavy atom. The quantitative estimate of drug-likeness (QED) is 0.771. The lowest BCUT2D eigenvalue weighted by molar-refractivity contribution is -0.137. The Balaban J connectivity index is 2.53. The van der Waals surface area contributed by atoms with Gasteiger partial charge in [-0.05, 0) is 44.6 Å². The zero-order valence-corrected chi connectivity index (χ0v) is 13.0. The molecule has 0 spiro atoms. The molecule has 2 N–H and O–H groups in total.